The summed E-state index contributed by atoms with van der Waals surface area (Å²) in [7, 11) is 1.80. The van der Waals surface area contributed by atoms with Crippen LogP contribution >= 0.6 is 0 Å². The Kier molecular flexibility index (Phi) is 4.67. The Labute approximate surface area is 76.5 Å². The van der Waals surface area contributed by atoms with E-state index in [4.69, 9.17) is 4.74 Å². The zero-order valence-corrected chi connectivity index (χ0v) is 8.51. The van der Waals surface area contributed by atoms with Crippen LogP contribution in [-0.2, 0) is 4.74 Å². The molecule has 0 N–H and O–H groups in total. The first-order valence-electron chi connectivity index (χ1n) is 5.32. The molecule has 0 bridgehead atoms. The smallest absolute Gasteiger partial charge is 0.0487 e. The fourth-order valence-electron chi connectivity index (χ4n) is 2.34. The zero-order chi connectivity index (χ0) is 8.81. The maximum absolute atomic E-state index is 5.15. The van der Waals surface area contributed by atoms with E-state index >= 15 is 0 Å². The molecule has 0 aromatic carbocycles. The number of hydrogen-bond donors (Lipinski definition) is 0. The first-order valence-corrected chi connectivity index (χ1v) is 5.32. The van der Waals surface area contributed by atoms with Crippen LogP contribution in [0.4, 0.5) is 0 Å². The van der Waals surface area contributed by atoms with Crippen molar-refractivity contribution in [2.24, 2.45) is 11.8 Å². The van der Waals surface area contributed by atoms with Gasteiger partial charge in [0.25, 0.3) is 0 Å². The number of ether oxygens (including phenoxy) is 1. The lowest BCUT2D eigenvalue weighted by Gasteiger charge is -2.24. The zero-order valence-electron chi connectivity index (χ0n) is 8.51. The van der Waals surface area contributed by atoms with E-state index in [-0.39, 0.29) is 0 Å². The van der Waals surface area contributed by atoms with Gasteiger partial charge in [0.1, 0.15) is 0 Å². The monoisotopic (exact) mass is 170 g/mol. The molecule has 1 saturated carbocycles. The van der Waals surface area contributed by atoms with Crippen LogP contribution in [0.3, 0.4) is 0 Å². The van der Waals surface area contributed by atoms with Gasteiger partial charge in [0.2, 0.25) is 0 Å². The Balaban J connectivity index is 2.11. The second kappa shape index (κ2) is 5.58. The van der Waals surface area contributed by atoms with Crippen molar-refractivity contribution < 1.29 is 4.74 Å². The van der Waals surface area contributed by atoms with Gasteiger partial charge in [0.05, 0.1) is 0 Å². The van der Waals surface area contributed by atoms with Crippen molar-refractivity contribution in [2.75, 3.05) is 13.7 Å². The molecule has 0 amide bonds. The van der Waals surface area contributed by atoms with Gasteiger partial charge in [-0.2, -0.15) is 0 Å². The lowest BCUT2D eigenvalue weighted by molar-refractivity contribution is 0.140. The van der Waals surface area contributed by atoms with Gasteiger partial charge >= 0.3 is 0 Å². The Hall–Kier alpha value is -0.0400. The van der Waals surface area contributed by atoms with Crippen molar-refractivity contribution >= 4 is 0 Å². The van der Waals surface area contributed by atoms with Crippen LogP contribution in [0.25, 0.3) is 0 Å². The molecule has 0 spiro atoms. The molecule has 1 unspecified atom stereocenters. The van der Waals surface area contributed by atoms with Crippen LogP contribution in [0.2, 0.25) is 0 Å². The van der Waals surface area contributed by atoms with Crippen molar-refractivity contribution in [1.29, 1.82) is 0 Å². The molecule has 0 saturated heterocycles. The summed E-state index contributed by atoms with van der Waals surface area (Å²) in [5.41, 5.74) is 0. The molecule has 0 radical (unpaired) electrons. The third-order valence-corrected chi connectivity index (χ3v) is 2.91. The third kappa shape index (κ3) is 3.57. The SMILES string of the molecule is COCC(C)CC1CCCCC1. The molecule has 12 heavy (non-hydrogen) atoms. The van der Waals surface area contributed by atoms with Crippen LogP contribution in [0.5, 0.6) is 0 Å². The average Bonchev–Trinajstić information content (AvgIpc) is 2.06. The molecule has 1 aliphatic carbocycles. The second-order valence-corrected chi connectivity index (χ2v) is 4.30. The topological polar surface area (TPSA) is 9.23 Å². The number of hydrogen-bond acceptors (Lipinski definition) is 1. The van der Waals surface area contributed by atoms with E-state index in [1.54, 1.807) is 7.11 Å². The van der Waals surface area contributed by atoms with E-state index in [1.165, 1.54) is 38.5 Å². The molecule has 0 aliphatic heterocycles. The minimum Gasteiger partial charge on any atom is -0.384 e. The summed E-state index contributed by atoms with van der Waals surface area (Å²) in [5, 5.41) is 0. The Morgan fingerprint density at radius 1 is 1.25 bits per heavy atom. The van der Waals surface area contributed by atoms with Gasteiger partial charge in [0, 0.05) is 13.7 Å². The highest BCUT2D eigenvalue weighted by Crippen LogP contribution is 2.28. The van der Waals surface area contributed by atoms with Gasteiger partial charge in [-0.15, -0.1) is 0 Å². The van der Waals surface area contributed by atoms with Crippen molar-refractivity contribution in [3.8, 4) is 0 Å². The standard InChI is InChI=1S/C11H22O/c1-10(9-12-2)8-11-6-4-3-5-7-11/h10-11H,3-9H2,1-2H3. The maximum Gasteiger partial charge on any atom is 0.0487 e. The highest BCUT2D eigenvalue weighted by atomic mass is 16.5. The predicted molar refractivity (Wildman–Crippen MR) is 52.2 cm³/mol. The lowest BCUT2D eigenvalue weighted by atomic mass is 9.83. The van der Waals surface area contributed by atoms with Crippen LogP contribution in [-0.4, -0.2) is 13.7 Å². The number of rotatable bonds is 4. The number of methoxy groups -OCH3 is 1. The van der Waals surface area contributed by atoms with Gasteiger partial charge < -0.3 is 4.74 Å². The summed E-state index contributed by atoms with van der Waals surface area (Å²) < 4.78 is 5.15. The van der Waals surface area contributed by atoms with E-state index in [0.717, 1.165) is 18.4 Å². The summed E-state index contributed by atoms with van der Waals surface area (Å²) in [6, 6.07) is 0. The molecule has 72 valence electrons. The minimum atomic E-state index is 0.762. The molecule has 0 aromatic rings. The quantitative estimate of drug-likeness (QED) is 0.629. The molecule has 1 fully saturated rings. The second-order valence-electron chi connectivity index (χ2n) is 4.30. The summed E-state index contributed by atoms with van der Waals surface area (Å²) in [6.07, 6.45) is 8.71. The van der Waals surface area contributed by atoms with Crippen LogP contribution in [0, 0.1) is 11.8 Å². The van der Waals surface area contributed by atoms with Crippen molar-refractivity contribution in [1.82, 2.24) is 0 Å². The van der Waals surface area contributed by atoms with E-state index in [0.29, 0.717) is 0 Å². The van der Waals surface area contributed by atoms with Crippen molar-refractivity contribution in [3.63, 3.8) is 0 Å². The van der Waals surface area contributed by atoms with E-state index in [2.05, 4.69) is 6.92 Å². The van der Waals surface area contributed by atoms with Gasteiger partial charge in [-0.25, -0.2) is 0 Å². The molecule has 1 aliphatic rings. The van der Waals surface area contributed by atoms with Crippen LogP contribution < -0.4 is 0 Å². The van der Waals surface area contributed by atoms with Gasteiger partial charge in [0.15, 0.2) is 0 Å². The Morgan fingerprint density at radius 2 is 1.92 bits per heavy atom. The van der Waals surface area contributed by atoms with Gasteiger partial charge in [-0.05, 0) is 18.3 Å². The molecule has 1 rings (SSSR count). The highest BCUT2D eigenvalue weighted by Gasteiger charge is 2.15. The molecule has 1 heteroatoms. The van der Waals surface area contributed by atoms with Crippen LogP contribution in [0.15, 0.2) is 0 Å². The van der Waals surface area contributed by atoms with E-state index in [9.17, 15) is 0 Å². The van der Waals surface area contributed by atoms with Crippen molar-refractivity contribution in [2.45, 2.75) is 45.4 Å². The molecule has 0 heterocycles. The van der Waals surface area contributed by atoms with Gasteiger partial charge in [-0.3, -0.25) is 0 Å². The predicted octanol–water partition coefficient (Wildman–Crippen LogP) is 3.24. The minimum absolute atomic E-state index is 0.762. The molecular formula is C11H22O. The largest absolute Gasteiger partial charge is 0.384 e. The lowest BCUT2D eigenvalue weighted by Crippen LogP contribution is -2.13. The van der Waals surface area contributed by atoms with Gasteiger partial charge in [-0.1, -0.05) is 39.0 Å². The molecule has 1 atom stereocenters. The molecule has 0 aromatic heterocycles. The average molecular weight is 170 g/mol. The first kappa shape index (κ1) is 10.0. The Bertz CT molecular complexity index is 106. The summed E-state index contributed by atoms with van der Waals surface area (Å²) >= 11 is 0. The van der Waals surface area contributed by atoms with E-state index in [1.807, 2.05) is 0 Å². The van der Waals surface area contributed by atoms with E-state index < -0.39 is 0 Å². The molecular weight excluding hydrogens is 148 g/mol. The van der Waals surface area contributed by atoms with Crippen molar-refractivity contribution in [3.05, 3.63) is 0 Å². The third-order valence-electron chi connectivity index (χ3n) is 2.91. The summed E-state index contributed by atoms with van der Waals surface area (Å²) in [4.78, 5) is 0. The maximum atomic E-state index is 5.15. The summed E-state index contributed by atoms with van der Waals surface area (Å²) in [6.45, 7) is 3.24. The fourth-order valence-corrected chi connectivity index (χ4v) is 2.34. The first-order chi connectivity index (χ1) is 5.83. The fraction of sp³-hybridized carbons (Fsp3) is 1.00. The normalized spacial score (nSPS) is 22.5. The molecule has 1 nitrogen and oxygen atoms in total. The van der Waals surface area contributed by atoms with Crippen LogP contribution in [0.1, 0.15) is 45.4 Å². The summed E-state index contributed by atoms with van der Waals surface area (Å²) in [5.74, 6) is 1.77. The Morgan fingerprint density at radius 3 is 2.50 bits per heavy atom. The highest BCUT2D eigenvalue weighted by molar-refractivity contribution is 4.68.